The molecule has 2 nitrogen and oxygen atoms in total. The Bertz CT molecular complexity index is 382. The van der Waals surface area contributed by atoms with Crippen LogP contribution >= 0.6 is 23.4 Å². The molecule has 1 aliphatic rings. The van der Waals surface area contributed by atoms with Crippen LogP contribution in [0.5, 0.6) is 5.75 Å². The molecule has 1 aromatic rings. The van der Waals surface area contributed by atoms with Crippen LogP contribution < -0.4 is 10.1 Å². The van der Waals surface area contributed by atoms with Crippen molar-refractivity contribution in [2.75, 3.05) is 18.1 Å². The van der Waals surface area contributed by atoms with E-state index in [-0.39, 0.29) is 0 Å². The largest absolute Gasteiger partial charge is 0.491 e. The molecule has 1 saturated carbocycles. The van der Waals surface area contributed by atoms with E-state index in [9.17, 15) is 0 Å². The number of ether oxygens (including phenoxy) is 1. The molecule has 18 heavy (non-hydrogen) atoms. The van der Waals surface area contributed by atoms with Crippen LogP contribution in [0.15, 0.2) is 18.2 Å². The number of hydrogen-bond donors (Lipinski definition) is 1. The van der Waals surface area contributed by atoms with Gasteiger partial charge in [0.2, 0.25) is 0 Å². The fourth-order valence-electron chi connectivity index (χ4n) is 1.74. The van der Waals surface area contributed by atoms with Crippen LogP contribution in [-0.4, -0.2) is 24.2 Å². The Hall–Kier alpha value is -0.380. The summed E-state index contributed by atoms with van der Waals surface area (Å²) in [6, 6.07) is 6.67. The lowest BCUT2D eigenvalue weighted by Gasteiger charge is -2.13. The molecule has 0 heterocycles. The Labute approximate surface area is 118 Å². The molecule has 0 atom stereocenters. The van der Waals surface area contributed by atoms with Crippen LogP contribution in [0.25, 0.3) is 0 Å². The number of benzene rings is 1. The molecule has 0 saturated heterocycles. The highest BCUT2D eigenvalue weighted by Gasteiger charge is 2.21. The zero-order valence-corrected chi connectivity index (χ0v) is 12.3. The van der Waals surface area contributed by atoms with Crippen molar-refractivity contribution in [3.8, 4) is 5.75 Å². The van der Waals surface area contributed by atoms with E-state index in [1.807, 2.05) is 23.9 Å². The minimum absolute atomic E-state index is 0.701. The zero-order valence-electron chi connectivity index (χ0n) is 10.7. The van der Waals surface area contributed by atoms with Crippen LogP contribution in [0.2, 0.25) is 5.02 Å². The highest BCUT2D eigenvalue weighted by atomic mass is 35.5. The van der Waals surface area contributed by atoms with Gasteiger partial charge in [0, 0.05) is 23.9 Å². The summed E-state index contributed by atoms with van der Waals surface area (Å²) in [6.45, 7) is 3.73. The highest BCUT2D eigenvalue weighted by molar-refractivity contribution is 7.99. The maximum atomic E-state index is 6.21. The fraction of sp³-hybridized carbons (Fsp3) is 0.571. The summed E-state index contributed by atoms with van der Waals surface area (Å²) in [7, 11) is 0. The van der Waals surface area contributed by atoms with E-state index < -0.39 is 0 Å². The highest BCUT2D eigenvalue weighted by Crippen LogP contribution is 2.29. The summed E-state index contributed by atoms with van der Waals surface area (Å²) in [6.07, 6.45) is 2.59. The number of rotatable bonds is 8. The number of thioether (sulfide) groups is 1. The van der Waals surface area contributed by atoms with Crippen LogP contribution in [0.1, 0.15) is 25.3 Å². The van der Waals surface area contributed by atoms with Crippen molar-refractivity contribution in [3.05, 3.63) is 28.8 Å². The second-order valence-electron chi connectivity index (χ2n) is 4.43. The molecule has 1 N–H and O–H groups in total. The lowest BCUT2D eigenvalue weighted by molar-refractivity contribution is 0.339. The smallest absolute Gasteiger partial charge is 0.142 e. The molecule has 1 aliphatic carbocycles. The van der Waals surface area contributed by atoms with E-state index in [1.165, 1.54) is 12.8 Å². The average Bonchev–Trinajstić information content (AvgIpc) is 3.18. The summed E-state index contributed by atoms with van der Waals surface area (Å²) in [5, 5.41) is 4.21. The fourth-order valence-corrected chi connectivity index (χ4v) is 2.48. The first kappa shape index (κ1) is 14.0. The van der Waals surface area contributed by atoms with Gasteiger partial charge in [-0.05, 0) is 24.7 Å². The van der Waals surface area contributed by atoms with E-state index in [1.54, 1.807) is 0 Å². The summed E-state index contributed by atoms with van der Waals surface area (Å²) < 4.78 is 5.83. The van der Waals surface area contributed by atoms with Crippen molar-refractivity contribution in [3.63, 3.8) is 0 Å². The Kier molecular flexibility index (Phi) is 5.67. The molecule has 4 heteroatoms. The number of para-hydroxylation sites is 1. The molecule has 0 aromatic heterocycles. The quantitative estimate of drug-likeness (QED) is 0.736. The van der Waals surface area contributed by atoms with Gasteiger partial charge >= 0.3 is 0 Å². The van der Waals surface area contributed by atoms with E-state index in [0.29, 0.717) is 11.1 Å². The minimum Gasteiger partial charge on any atom is -0.491 e. The van der Waals surface area contributed by atoms with Gasteiger partial charge in [0.15, 0.2) is 0 Å². The molecular formula is C14H20ClNOS. The van der Waals surface area contributed by atoms with Crippen molar-refractivity contribution in [2.24, 2.45) is 0 Å². The normalized spacial score (nSPS) is 14.8. The van der Waals surface area contributed by atoms with E-state index in [0.717, 1.165) is 36.0 Å². The molecule has 1 fully saturated rings. The van der Waals surface area contributed by atoms with Gasteiger partial charge in [-0.25, -0.2) is 0 Å². The first-order valence-electron chi connectivity index (χ1n) is 6.52. The lowest BCUT2D eigenvalue weighted by Crippen LogP contribution is -2.16. The van der Waals surface area contributed by atoms with E-state index in [4.69, 9.17) is 16.3 Å². The first-order valence-corrected chi connectivity index (χ1v) is 8.06. The topological polar surface area (TPSA) is 21.3 Å². The Morgan fingerprint density at radius 1 is 1.44 bits per heavy atom. The Morgan fingerprint density at radius 2 is 2.28 bits per heavy atom. The minimum atomic E-state index is 0.701. The van der Waals surface area contributed by atoms with Crippen molar-refractivity contribution in [2.45, 2.75) is 32.4 Å². The van der Waals surface area contributed by atoms with Crippen LogP contribution in [0.4, 0.5) is 0 Å². The number of hydrogen-bond acceptors (Lipinski definition) is 3. The summed E-state index contributed by atoms with van der Waals surface area (Å²) >= 11 is 8.10. The van der Waals surface area contributed by atoms with Crippen LogP contribution in [0.3, 0.4) is 0 Å². The van der Waals surface area contributed by atoms with Gasteiger partial charge < -0.3 is 10.1 Å². The molecule has 0 unspecified atom stereocenters. The Morgan fingerprint density at radius 3 is 3.00 bits per heavy atom. The maximum Gasteiger partial charge on any atom is 0.142 e. The summed E-state index contributed by atoms with van der Waals surface area (Å²) in [5.41, 5.74) is 1.16. The molecule has 1 aromatic carbocycles. The third-order valence-electron chi connectivity index (χ3n) is 2.89. The maximum absolute atomic E-state index is 6.21. The van der Waals surface area contributed by atoms with E-state index in [2.05, 4.69) is 18.3 Å². The van der Waals surface area contributed by atoms with Gasteiger partial charge in [-0.3, -0.25) is 0 Å². The molecule has 0 bridgehead atoms. The monoisotopic (exact) mass is 285 g/mol. The number of nitrogens with one attached hydrogen (secondary N) is 1. The molecule has 0 amide bonds. The molecule has 0 radical (unpaired) electrons. The van der Waals surface area contributed by atoms with Crippen molar-refractivity contribution < 1.29 is 4.74 Å². The van der Waals surface area contributed by atoms with Crippen LogP contribution in [-0.2, 0) is 6.54 Å². The summed E-state index contributed by atoms with van der Waals surface area (Å²) in [4.78, 5) is 0. The SMILES string of the molecule is CCSCCOc1c(Cl)cccc1CNC1CC1. The van der Waals surface area contributed by atoms with Crippen molar-refractivity contribution >= 4 is 23.4 Å². The second kappa shape index (κ2) is 7.27. The molecule has 0 spiro atoms. The van der Waals surface area contributed by atoms with Gasteiger partial charge in [-0.1, -0.05) is 30.7 Å². The number of halogens is 1. The van der Waals surface area contributed by atoms with Gasteiger partial charge in [-0.15, -0.1) is 0 Å². The van der Waals surface area contributed by atoms with Crippen molar-refractivity contribution in [1.29, 1.82) is 0 Å². The first-order chi connectivity index (χ1) is 8.81. The molecular weight excluding hydrogens is 266 g/mol. The molecule has 0 aliphatic heterocycles. The zero-order chi connectivity index (χ0) is 12.8. The third kappa shape index (κ3) is 4.38. The molecule has 2 rings (SSSR count). The predicted molar refractivity (Wildman–Crippen MR) is 79.8 cm³/mol. The Balaban J connectivity index is 1.91. The average molecular weight is 286 g/mol. The summed E-state index contributed by atoms with van der Waals surface area (Å²) in [5.74, 6) is 2.99. The third-order valence-corrected chi connectivity index (χ3v) is 4.05. The van der Waals surface area contributed by atoms with Crippen molar-refractivity contribution in [1.82, 2.24) is 5.32 Å². The molecule has 100 valence electrons. The van der Waals surface area contributed by atoms with E-state index >= 15 is 0 Å². The van der Waals surface area contributed by atoms with Crippen LogP contribution in [0, 0.1) is 0 Å². The predicted octanol–water partition coefficient (Wildman–Crippen LogP) is 3.72. The van der Waals surface area contributed by atoms with Gasteiger partial charge in [0.1, 0.15) is 5.75 Å². The standard InChI is InChI=1S/C14H20ClNOS/c1-2-18-9-8-17-14-11(4-3-5-13(14)15)10-16-12-6-7-12/h3-5,12,16H,2,6-10H2,1H3. The lowest BCUT2D eigenvalue weighted by atomic mass is 10.2. The van der Waals surface area contributed by atoms with Gasteiger partial charge in [0.05, 0.1) is 11.6 Å². The van der Waals surface area contributed by atoms with Gasteiger partial charge in [-0.2, -0.15) is 11.8 Å². The second-order valence-corrected chi connectivity index (χ2v) is 6.23. The van der Waals surface area contributed by atoms with Gasteiger partial charge in [0.25, 0.3) is 0 Å².